The Morgan fingerprint density at radius 3 is 2.56 bits per heavy atom. The number of carbonyl (C=O) groups excluding carboxylic acids is 1. The molecule has 2 aromatic rings. The standard InChI is InChI=1S/C17H17ClFN3O3/c1-10-6-15(14(18)8-16(10)22(24)25)21-9-12(17(20)23)7-11-2-4-13(19)5-3-11/h2-6,8,12,21H,7,9H2,1H3,(H2,20,23). The molecular formula is C17H17ClFN3O3. The summed E-state index contributed by atoms with van der Waals surface area (Å²) in [5.41, 5.74) is 7.07. The second-order valence-electron chi connectivity index (χ2n) is 5.69. The molecule has 132 valence electrons. The molecular weight excluding hydrogens is 349 g/mol. The Bertz CT molecular complexity index is 796. The van der Waals surface area contributed by atoms with Crippen molar-refractivity contribution >= 4 is 28.9 Å². The van der Waals surface area contributed by atoms with Gasteiger partial charge in [0.25, 0.3) is 5.69 Å². The van der Waals surface area contributed by atoms with Crippen molar-refractivity contribution in [2.75, 3.05) is 11.9 Å². The maximum atomic E-state index is 13.0. The molecule has 0 spiro atoms. The van der Waals surface area contributed by atoms with E-state index in [0.717, 1.165) is 5.56 Å². The van der Waals surface area contributed by atoms with Gasteiger partial charge in [-0.1, -0.05) is 23.7 Å². The monoisotopic (exact) mass is 365 g/mol. The van der Waals surface area contributed by atoms with Gasteiger partial charge in [0.05, 0.1) is 21.6 Å². The number of nitro groups is 1. The van der Waals surface area contributed by atoms with Crippen molar-refractivity contribution in [2.24, 2.45) is 11.7 Å². The normalized spacial score (nSPS) is 11.8. The number of aryl methyl sites for hydroxylation is 1. The van der Waals surface area contributed by atoms with Crippen LogP contribution < -0.4 is 11.1 Å². The highest BCUT2D eigenvalue weighted by atomic mass is 35.5. The summed E-state index contributed by atoms with van der Waals surface area (Å²) in [6, 6.07) is 8.63. The van der Waals surface area contributed by atoms with Gasteiger partial charge < -0.3 is 11.1 Å². The SMILES string of the molecule is Cc1cc(NCC(Cc2ccc(F)cc2)C(N)=O)c(Cl)cc1[N+](=O)[O-]. The lowest BCUT2D eigenvalue weighted by molar-refractivity contribution is -0.385. The first-order valence-electron chi connectivity index (χ1n) is 7.50. The third-order valence-corrected chi connectivity index (χ3v) is 4.13. The molecule has 0 aliphatic rings. The largest absolute Gasteiger partial charge is 0.383 e. The van der Waals surface area contributed by atoms with Crippen molar-refractivity contribution < 1.29 is 14.1 Å². The summed E-state index contributed by atoms with van der Waals surface area (Å²) < 4.78 is 13.0. The van der Waals surface area contributed by atoms with E-state index in [1.165, 1.54) is 18.2 Å². The fraction of sp³-hybridized carbons (Fsp3) is 0.235. The molecule has 0 saturated heterocycles. The van der Waals surface area contributed by atoms with Crippen LogP contribution >= 0.6 is 11.6 Å². The maximum Gasteiger partial charge on any atom is 0.273 e. The third kappa shape index (κ3) is 4.90. The topological polar surface area (TPSA) is 98.3 Å². The summed E-state index contributed by atoms with van der Waals surface area (Å²) in [7, 11) is 0. The van der Waals surface area contributed by atoms with Crippen LogP contribution in [0.5, 0.6) is 0 Å². The van der Waals surface area contributed by atoms with E-state index < -0.39 is 16.7 Å². The molecule has 0 heterocycles. The van der Waals surface area contributed by atoms with Gasteiger partial charge in [-0.15, -0.1) is 0 Å². The summed E-state index contributed by atoms with van der Waals surface area (Å²) in [4.78, 5) is 22.1. The average Bonchev–Trinajstić information content (AvgIpc) is 2.55. The molecule has 1 amide bonds. The fourth-order valence-electron chi connectivity index (χ4n) is 2.41. The van der Waals surface area contributed by atoms with Crippen molar-refractivity contribution in [3.63, 3.8) is 0 Å². The Hall–Kier alpha value is -2.67. The number of benzene rings is 2. The van der Waals surface area contributed by atoms with Crippen LogP contribution in [0.4, 0.5) is 15.8 Å². The van der Waals surface area contributed by atoms with Gasteiger partial charge in [-0.2, -0.15) is 0 Å². The van der Waals surface area contributed by atoms with Gasteiger partial charge >= 0.3 is 0 Å². The maximum absolute atomic E-state index is 13.0. The van der Waals surface area contributed by atoms with Crippen LogP contribution in [0, 0.1) is 28.8 Å². The first kappa shape index (κ1) is 18.7. The first-order chi connectivity index (χ1) is 11.8. The zero-order chi connectivity index (χ0) is 18.6. The van der Waals surface area contributed by atoms with Gasteiger partial charge in [-0.3, -0.25) is 14.9 Å². The minimum atomic E-state index is -0.544. The Balaban J connectivity index is 2.11. The zero-order valence-electron chi connectivity index (χ0n) is 13.5. The van der Waals surface area contributed by atoms with Crippen LogP contribution in [0.1, 0.15) is 11.1 Å². The number of nitrogens with two attached hydrogens (primary N) is 1. The molecule has 1 unspecified atom stereocenters. The highest BCUT2D eigenvalue weighted by molar-refractivity contribution is 6.33. The van der Waals surface area contributed by atoms with Gasteiger partial charge in [-0.25, -0.2) is 4.39 Å². The smallest absolute Gasteiger partial charge is 0.273 e. The Morgan fingerprint density at radius 1 is 1.36 bits per heavy atom. The van der Waals surface area contributed by atoms with E-state index in [2.05, 4.69) is 5.32 Å². The van der Waals surface area contributed by atoms with Gasteiger partial charge in [-0.05, 0) is 37.1 Å². The number of carbonyl (C=O) groups is 1. The molecule has 0 aliphatic heterocycles. The van der Waals surface area contributed by atoms with E-state index in [1.54, 1.807) is 25.1 Å². The van der Waals surface area contributed by atoms with Crippen LogP contribution in [0.3, 0.4) is 0 Å². The molecule has 3 N–H and O–H groups in total. The second-order valence-corrected chi connectivity index (χ2v) is 6.09. The molecule has 25 heavy (non-hydrogen) atoms. The van der Waals surface area contributed by atoms with E-state index in [-0.39, 0.29) is 23.1 Å². The van der Waals surface area contributed by atoms with Crippen LogP contribution in [0.2, 0.25) is 5.02 Å². The lowest BCUT2D eigenvalue weighted by atomic mass is 9.98. The van der Waals surface area contributed by atoms with Gasteiger partial charge in [0, 0.05) is 18.2 Å². The first-order valence-corrected chi connectivity index (χ1v) is 7.88. The lowest BCUT2D eigenvalue weighted by Crippen LogP contribution is -2.31. The molecule has 0 fully saturated rings. The number of nitrogens with one attached hydrogen (secondary N) is 1. The molecule has 1 atom stereocenters. The van der Waals surface area contributed by atoms with Crippen LogP contribution in [0.15, 0.2) is 36.4 Å². The molecule has 0 aliphatic carbocycles. The van der Waals surface area contributed by atoms with Crippen LogP contribution in [0.25, 0.3) is 0 Å². The molecule has 0 aromatic heterocycles. The highest BCUT2D eigenvalue weighted by Gasteiger charge is 2.18. The number of anilines is 1. The van der Waals surface area contributed by atoms with Crippen molar-refractivity contribution in [3.05, 3.63) is 68.5 Å². The van der Waals surface area contributed by atoms with Crippen molar-refractivity contribution in [3.8, 4) is 0 Å². The highest BCUT2D eigenvalue weighted by Crippen LogP contribution is 2.30. The number of amides is 1. The van der Waals surface area contributed by atoms with Crippen molar-refractivity contribution in [1.29, 1.82) is 0 Å². The molecule has 2 rings (SSSR count). The van der Waals surface area contributed by atoms with Gasteiger partial charge in [0.2, 0.25) is 5.91 Å². The average molecular weight is 366 g/mol. The Labute approximate surface area is 148 Å². The van der Waals surface area contributed by atoms with E-state index in [9.17, 15) is 19.3 Å². The summed E-state index contributed by atoms with van der Waals surface area (Å²) in [5.74, 6) is -1.41. The molecule has 0 bridgehead atoms. The molecule has 6 nitrogen and oxygen atoms in total. The fourth-order valence-corrected chi connectivity index (χ4v) is 2.64. The quantitative estimate of drug-likeness (QED) is 0.580. The minimum absolute atomic E-state index is 0.0756. The number of nitro benzene ring substituents is 1. The summed E-state index contributed by atoms with van der Waals surface area (Å²) in [6.45, 7) is 1.80. The third-order valence-electron chi connectivity index (χ3n) is 3.82. The Morgan fingerprint density at radius 2 is 2.00 bits per heavy atom. The zero-order valence-corrected chi connectivity index (χ0v) is 14.2. The van der Waals surface area contributed by atoms with Crippen molar-refractivity contribution in [1.82, 2.24) is 0 Å². The lowest BCUT2D eigenvalue weighted by Gasteiger charge is -2.16. The van der Waals surface area contributed by atoms with Crippen LogP contribution in [-0.2, 0) is 11.2 Å². The minimum Gasteiger partial charge on any atom is -0.383 e. The number of primary amides is 1. The summed E-state index contributed by atoms with van der Waals surface area (Å²) >= 11 is 6.06. The summed E-state index contributed by atoms with van der Waals surface area (Å²) in [5, 5.41) is 14.1. The number of hydrogen-bond donors (Lipinski definition) is 2. The van der Waals surface area contributed by atoms with Gasteiger partial charge in [0.1, 0.15) is 5.82 Å². The van der Waals surface area contributed by atoms with Crippen LogP contribution in [-0.4, -0.2) is 17.4 Å². The number of rotatable bonds is 7. The predicted octanol–water partition coefficient (Wildman–Crippen LogP) is 3.45. The van der Waals surface area contributed by atoms with E-state index in [0.29, 0.717) is 17.7 Å². The number of nitrogens with zero attached hydrogens (tertiary/aromatic N) is 1. The van der Waals surface area contributed by atoms with E-state index in [1.807, 2.05) is 0 Å². The predicted molar refractivity (Wildman–Crippen MR) is 94.1 cm³/mol. The van der Waals surface area contributed by atoms with E-state index in [4.69, 9.17) is 17.3 Å². The van der Waals surface area contributed by atoms with E-state index >= 15 is 0 Å². The second kappa shape index (κ2) is 7.94. The molecule has 2 aromatic carbocycles. The number of halogens is 2. The number of hydrogen-bond acceptors (Lipinski definition) is 4. The van der Waals surface area contributed by atoms with Crippen molar-refractivity contribution in [2.45, 2.75) is 13.3 Å². The van der Waals surface area contributed by atoms with Gasteiger partial charge in [0.15, 0.2) is 0 Å². The summed E-state index contributed by atoms with van der Waals surface area (Å²) in [6.07, 6.45) is 0.339. The Kier molecular flexibility index (Phi) is 5.93. The molecule has 0 radical (unpaired) electrons. The molecule has 8 heteroatoms. The molecule has 0 saturated carbocycles.